The van der Waals surface area contributed by atoms with E-state index < -0.39 is 9.70 Å². The molecule has 0 unspecified atom stereocenters. The predicted octanol–water partition coefficient (Wildman–Crippen LogP) is 2.58. The summed E-state index contributed by atoms with van der Waals surface area (Å²) >= 11 is 16.1. The van der Waals surface area contributed by atoms with Crippen molar-refractivity contribution < 1.29 is 4.79 Å². The van der Waals surface area contributed by atoms with E-state index in [4.69, 9.17) is 40.5 Å². The quantitative estimate of drug-likeness (QED) is 0.597. The highest BCUT2D eigenvalue weighted by molar-refractivity contribution is 6.76. The minimum atomic E-state index is -1.97. The Hall–Kier alpha value is -0.640. The molecule has 1 aromatic carbocycles. The van der Waals surface area contributed by atoms with Gasteiger partial charge in [-0.05, 0) is 18.2 Å². The molecule has 0 saturated heterocycles. The normalized spacial score (nSPS) is 11.1. The van der Waals surface area contributed by atoms with Crippen molar-refractivity contribution in [2.24, 2.45) is 0 Å². The summed E-state index contributed by atoms with van der Waals surface area (Å²) < 4.78 is -1.97. The van der Waals surface area contributed by atoms with Gasteiger partial charge in [-0.15, -0.1) is 0 Å². The molecule has 0 aliphatic heterocycles. The number of hydrogen-bond donors (Lipinski definition) is 2. The average molecular weight is 254 g/mol. The van der Waals surface area contributed by atoms with Crippen molar-refractivity contribution >= 4 is 52.1 Å². The third kappa shape index (κ3) is 3.25. The summed E-state index contributed by atoms with van der Waals surface area (Å²) in [6, 6.07) is 6.58. The summed E-state index contributed by atoms with van der Waals surface area (Å²) in [4.78, 5) is 11.2. The molecule has 3 N–H and O–H groups in total. The van der Waals surface area contributed by atoms with Gasteiger partial charge >= 0.3 is 0 Å². The van der Waals surface area contributed by atoms with Crippen LogP contribution in [0.4, 0.5) is 11.4 Å². The van der Waals surface area contributed by atoms with Crippen LogP contribution in [0.15, 0.2) is 24.3 Å². The molecule has 3 nitrogen and oxygen atoms in total. The fourth-order valence-corrected chi connectivity index (χ4v) is 0.960. The molecule has 0 spiro atoms. The van der Waals surface area contributed by atoms with Gasteiger partial charge in [0.15, 0.2) is 0 Å². The van der Waals surface area contributed by atoms with Gasteiger partial charge in [0.05, 0.1) is 0 Å². The summed E-state index contributed by atoms with van der Waals surface area (Å²) in [5.41, 5.74) is 6.50. The third-order valence-electron chi connectivity index (χ3n) is 1.40. The molecule has 0 fully saturated rings. The number of nitrogen functional groups attached to an aromatic ring is 1. The van der Waals surface area contributed by atoms with Crippen LogP contribution in [0.2, 0.25) is 0 Å². The highest BCUT2D eigenvalue weighted by Gasteiger charge is 2.30. The number of alkyl halides is 3. The Labute approximate surface area is 96.1 Å². The number of rotatable bonds is 1. The van der Waals surface area contributed by atoms with Crippen molar-refractivity contribution in [3.05, 3.63) is 24.3 Å². The maximum atomic E-state index is 11.2. The second kappa shape index (κ2) is 4.26. The lowest BCUT2D eigenvalue weighted by Gasteiger charge is -2.11. The predicted molar refractivity (Wildman–Crippen MR) is 59.8 cm³/mol. The highest BCUT2D eigenvalue weighted by atomic mass is 35.6. The van der Waals surface area contributed by atoms with E-state index in [0.717, 1.165) is 0 Å². The second-order valence-electron chi connectivity index (χ2n) is 2.58. The average Bonchev–Trinajstić information content (AvgIpc) is 2.02. The van der Waals surface area contributed by atoms with E-state index in [1.807, 2.05) is 0 Å². The lowest BCUT2D eigenvalue weighted by Crippen LogP contribution is -2.26. The summed E-state index contributed by atoms with van der Waals surface area (Å²) in [5, 5.41) is 2.41. The van der Waals surface area contributed by atoms with Gasteiger partial charge in [-0.25, -0.2) is 0 Å². The monoisotopic (exact) mass is 252 g/mol. The topological polar surface area (TPSA) is 55.1 Å². The van der Waals surface area contributed by atoms with Crippen LogP contribution in [0, 0.1) is 0 Å². The first kappa shape index (κ1) is 11.4. The summed E-state index contributed by atoms with van der Waals surface area (Å²) in [7, 11) is 0. The third-order valence-corrected chi connectivity index (χ3v) is 1.92. The number of nitrogens with one attached hydrogen (secondary N) is 1. The van der Waals surface area contributed by atoms with E-state index in [1.54, 1.807) is 24.3 Å². The Kier molecular flexibility index (Phi) is 3.48. The molecule has 1 amide bonds. The van der Waals surface area contributed by atoms with Crippen LogP contribution in [0.5, 0.6) is 0 Å². The van der Waals surface area contributed by atoms with Gasteiger partial charge in [-0.3, -0.25) is 4.79 Å². The van der Waals surface area contributed by atoms with Gasteiger partial charge in [0.1, 0.15) is 0 Å². The molecule has 1 aromatic rings. The molecule has 0 radical (unpaired) electrons. The van der Waals surface area contributed by atoms with Crippen LogP contribution < -0.4 is 11.1 Å². The van der Waals surface area contributed by atoms with Crippen LogP contribution in [0.25, 0.3) is 0 Å². The van der Waals surface area contributed by atoms with Gasteiger partial charge < -0.3 is 11.1 Å². The Morgan fingerprint density at radius 3 is 2.50 bits per heavy atom. The molecule has 6 heteroatoms. The molecule has 0 aliphatic carbocycles. The number of hydrogen-bond acceptors (Lipinski definition) is 2. The largest absolute Gasteiger partial charge is 0.399 e. The number of nitrogens with two attached hydrogens (primary N) is 1. The molecule has 0 heterocycles. The summed E-state index contributed by atoms with van der Waals surface area (Å²) in [6.07, 6.45) is 0. The number of anilines is 2. The van der Waals surface area contributed by atoms with E-state index >= 15 is 0 Å². The van der Waals surface area contributed by atoms with Gasteiger partial charge in [-0.1, -0.05) is 40.9 Å². The number of amides is 1. The smallest absolute Gasteiger partial charge is 0.276 e. The van der Waals surface area contributed by atoms with Crippen molar-refractivity contribution in [1.29, 1.82) is 0 Å². The van der Waals surface area contributed by atoms with Gasteiger partial charge in [0, 0.05) is 11.4 Å². The van der Waals surface area contributed by atoms with Gasteiger partial charge in [-0.2, -0.15) is 0 Å². The minimum absolute atomic E-state index is 0.487. The van der Waals surface area contributed by atoms with Crippen LogP contribution in [-0.4, -0.2) is 9.70 Å². The van der Waals surface area contributed by atoms with Crippen LogP contribution in [-0.2, 0) is 4.79 Å². The zero-order valence-electron chi connectivity index (χ0n) is 6.93. The Bertz CT molecular complexity index is 349. The fourth-order valence-electron chi connectivity index (χ4n) is 0.818. The Balaban J connectivity index is 2.75. The molecule has 0 saturated carbocycles. The first-order valence-electron chi connectivity index (χ1n) is 3.63. The molecule has 0 bridgehead atoms. The Morgan fingerprint density at radius 1 is 1.36 bits per heavy atom. The molecule has 14 heavy (non-hydrogen) atoms. The van der Waals surface area contributed by atoms with Crippen molar-refractivity contribution in [2.45, 2.75) is 3.79 Å². The summed E-state index contributed by atoms with van der Waals surface area (Å²) in [5.74, 6) is -0.715. The van der Waals surface area contributed by atoms with Crippen LogP contribution >= 0.6 is 34.8 Å². The number of carbonyl (C=O) groups excluding carboxylic acids is 1. The van der Waals surface area contributed by atoms with Crippen LogP contribution in [0.1, 0.15) is 0 Å². The lowest BCUT2D eigenvalue weighted by molar-refractivity contribution is -0.115. The minimum Gasteiger partial charge on any atom is -0.399 e. The van der Waals surface area contributed by atoms with E-state index in [9.17, 15) is 4.79 Å². The molecule has 76 valence electrons. The first-order valence-corrected chi connectivity index (χ1v) is 4.77. The molecule has 0 atom stereocenters. The van der Waals surface area contributed by atoms with Crippen LogP contribution in [0.3, 0.4) is 0 Å². The standard InChI is InChI=1S/C8H7Cl3N2O/c9-8(10,11)7(14)13-6-3-1-2-5(12)4-6/h1-4H,12H2,(H,13,14). The lowest BCUT2D eigenvalue weighted by atomic mass is 10.3. The number of benzene rings is 1. The molecular weight excluding hydrogens is 246 g/mol. The summed E-state index contributed by atoms with van der Waals surface area (Å²) in [6.45, 7) is 0. The molecular formula is C8H7Cl3N2O. The Morgan fingerprint density at radius 2 is 2.00 bits per heavy atom. The molecule has 0 aromatic heterocycles. The zero-order chi connectivity index (χ0) is 10.8. The van der Waals surface area contributed by atoms with Crippen molar-refractivity contribution in [3.8, 4) is 0 Å². The van der Waals surface area contributed by atoms with Crippen molar-refractivity contribution in [1.82, 2.24) is 0 Å². The van der Waals surface area contributed by atoms with E-state index in [2.05, 4.69) is 5.32 Å². The SMILES string of the molecule is Nc1cccc(NC(=O)C(Cl)(Cl)Cl)c1. The van der Waals surface area contributed by atoms with Gasteiger partial charge in [0.25, 0.3) is 9.70 Å². The first-order chi connectivity index (χ1) is 6.39. The van der Waals surface area contributed by atoms with Crippen molar-refractivity contribution in [2.75, 3.05) is 11.1 Å². The molecule has 0 aliphatic rings. The van der Waals surface area contributed by atoms with Gasteiger partial charge in [0.2, 0.25) is 0 Å². The van der Waals surface area contributed by atoms with E-state index in [1.165, 1.54) is 0 Å². The van der Waals surface area contributed by atoms with Crippen molar-refractivity contribution in [3.63, 3.8) is 0 Å². The molecule has 1 rings (SSSR count). The maximum Gasteiger partial charge on any atom is 0.276 e. The second-order valence-corrected chi connectivity index (χ2v) is 4.86. The van der Waals surface area contributed by atoms with E-state index in [0.29, 0.717) is 11.4 Å². The fraction of sp³-hybridized carbons (Fsp3) is 0.125. The number of halogens is 3. The maximum absolute atomic E-state index is 11.2. The van der Waals surface area contributed by atoms with E-state index in [-0.39, 0.29) is 0 Å². The highest BCUT2D eigenvalue weighted by Crippen LogP contribution is 2.27. The zero-order valence-corrected chi connectivity index (χ0v) is 9.20. The number of carbonyl (C=O) groups is 1.